The summed E-state index contributed by atoms with van der Waals surface area (Å²) in [6.45, 7) is 17.8. The maximum Gasteiger partial charge on any atom is 0.338 e. The second-order valence-corrected chi connectivity index (χ2v) is 6.86. The summed E-state index contributed by atoms with van der Waals surface area (Å²) in [7, 11) is 0. The number of thioether (sulfide) groups is 1. The molecule has 0 heterocycles. The number of esters is 2. The van der Waals surface area contributed by atoms with Crippen molar-refractivity contribution in [2.75, 3.05) is 6.61 Å². The zero-order valence-electron chi connectivity index (χ0n) is 20.7. The maximum absolute atomic E-state index is 12.0. The molecular formula is C26H40O4S. The van der Waals surface area contributed by atoms with E-state index in [4.69, 9.17) is 9.47 Å². The predicted molar refractivity (Wildman–Crippen MR) is 133 cm³/mol. The van der Waals surface area contributed by atoms with Crippen molar-refractivity contribution in [3.63, 3.8) is 0 Å². The van der Waals surface area contributed by atoms with Gasteiger partial charge in [0, 0.05) is 4.90 Å². The fourth-order valence-corrected chi connectivity index (χ4v) is 3.02. The first kappa shape index (κ1) is 30.9. The van der Waals surface area contributed by atoms with Crippen molar-refractivity contribution in [3.8, 4) is 0 Å². The maximum atomic E-state index is 12.0. The smallest absolute Gasteiger partial charge is 0.338 e. The van der Waals surface area contributed by atoms with Crippen LogP contribution in [0.15, 0.2) is 63.9 Å². The van der Waals surface area contributed by atoms with Gasteiger partial charge in [0.1, 0.15) is 0 Å². The number of ether oxygens (including phenoxy) is 2. The number of carbonyl (C=O) groups excluding carboxylic acids is 2. The Hall–Kier alpha value is -2.27. The lowest BCUT2D eigenvalue weighted by atomic mass is 10.2. The van der Waals surface area contributed by atoms with Crippen molar-refractivity contribution < 1.29 is 19.1 Å². The lowest BCUT2D eigenvalue weighted by Crippen LogP contribution is -2.12. The molecule has 1 aromatic carbocycles. The monoisotopic (exact) mass is 448 g/mol. The first-order valence-corrected chi connectivity index (χ1v) is 12.0. The molecule has 0 amide bonds. The molecule has 0 saturated heterocycles. The van der Waals surface area contributed by atoms with Crippen LogP contribution in [0.2, 0.25) is 0 Å². The lowest BCUT2D eigenvalue weighted by molar-refractivity contribution is -0.142. The first-order valence-electron chi connectivity index (χ1n) is 11.2. The van der Waals surface area contributed by atoms with Crippen molar-refractivity contribution in [1.82, 2.24) is 0 Å². The third-order valence-corrected chi connectivity index (χ3v) is 4.33. The van der Waals surface area contributed by atoms with E-state index < -0.39 is 0 Å². The van der Waals surface area contributed by atoms with Crippen LogP contribution in [0.1, 0.15) is 79.1 Å². The van der Waals surface area contributed by atoms with Gasteiger partial charge in [0.15, 0.2) is 0 Å². The Morgan fingerprint density at radius 2 is 1.52 bits per heavy atom. The zero-order valence-corrected chi connectivity index (χ0v) is 21.5. The van der Waals surface area contributed by atoms with Gasteiger partial charge in [-0.05, 0) is 62.4 Å². The summed E-state index contributed by atoms with van der Waals surface area (Å²) in [5, 5.41) is 0. The molecule has 0 N–H and O–H groups in total. The summed E-state index contributed by atoms with van der Waals surface area (Å²) in [6, 6.07) is 7.30. The zero-order chi connectivity index (χ0) is 24.2. The number of carbonyl (C=O) groups is 2. The van der Waals surface area contributed by atoms with Gasteiger partial charge in [0.2, 0.25) is 0 Å². The molecule has 0 spiro atoms. The Bertz CT molecular complexity index is 713. The number of rotatable bonds is 6. The minimum Gasteiger partial charge on any atom is -0.462 e. The summed E-state index contributed by atoms with van der Waals surface area (Å²) >= 11 is 1.60. The highest BCUT2D eigenvalue weighted by atomic mass is 32.2. The summed E-state index contributed by atoms with van der Waals surface area (Å²) < 4.78 is 10.2. The van der Waals surface area contributed by atoms with Crippen LogP contribution in [0, 0.1) is 0 Å². The highest BCUT2D eigenvalue weighted by molar-refractivity contribution is 8.03. The molecule has 0 aliphatic heterocycles. The molecule has 0 radical (unpaired) electrons. The fraction of sp³-hybridized carbons (Fsp3) is 0.462. The first-order chi connectivity index (χ1) is 15.0. The topological polar surface area (TPSA) is 52.6 Å². The van der Waals surface area contributed by atoms with E-state index in [0.29, 0.717) is 17.7 Å². The quantitative estimate of drug-likeness (QED) is 0.416. The third-order valence-electron chi connectivity index (χ3n) is 3.26. The molecule has 0 fully saturated rings. The van der Waals surface area contributed by atoms with E-state index in [1.807, 2.05) is 79.7 Å². The highest BCUT2D eigenvalue weighted by Crippen LogP contribution is 2.31. The van der Waals surface area contributed by atoms with Crippen LogP contribution in [-0.2, 0) is 14.3 Å². The third kappa shape index (κ3) is 12.9. The van der Waals surface area contributed by atoms with E-state index in [-0.39, 0.29) is 18.0 Å². The van der Waals surface area contributed by atoms with Crippen LogP contribution in [0.5, 0.6) is 0 Å². The fourth-order valence-electron chi connectivity index (χ4n) is 2.13. The second kappa shape index (κ2) is 19.7. The van der Waals surface area contributed by atoms with E-state index in [1.54, 1.807) is 43.0 Å². The van der Waals surface area contributed by atoms with Crippen LogP contribution in [0.25, 0.3) is 0 Å². The van der Waals surface area contributed by atoms with Gasteiger partial charge in [-0.1, -0.05) is 71.5 Å². The van der Waals surface area contributed by atoms with E-state index in [2.05, 4.69) is 0 Å². The number of allylic oxidation sites excluding steroid dienone is 4. The van der Waals surface area contributed by atoms with Gasteiger partial charge in [0.05, 0.1) is 23.8 Å². The Morgan fingerprint density at radius 1 is 0.935 bits per heavy atom. The molecule has 0 saturated carbocycles. The molecule has 1 aliphatic rings. The summed E-state index contributed by atoms with van der Waals surface area (Å²) in [6.07, 6.45) is 8.05. The highest BCUT2D eigenvalue weighted by Gasteiger charge is 2.12. The summed E-state index contributed by atoms with van der Waals surface area (Å²) in [5.74, 6) is -0.626. The van der Waals surface area contributed by atoms with Gasteiger partial charge in [0.25, 0.3) is 0 Å². The minimum atomic E-state index is -0.313. The molecule has 0 atom stereocenters. The normalized spacial score (nSPS) is 11.7. The molecule has 174 valence electrons. The molecule has 0 bridgehead atoms. The average Bonchev–Trinajstić information content (AvgIpc) is 3.04. The van der Waals surface area contributed by atoms with Crippen LogP contribution in [0.3, 0.4) is 0 Å². The van der Waals surface area contributed by atoms with Crippen molar-refractivity contribution in [1.29, 1.82) is 0 Å². The van der Waals surface area contributed by atoms with Crippen LogP contribution in [-0.4, -0.2) is 24.6 Å². The Balaban J connectivity index is 0. The second-order valence-electron chi connectivity index (χ2n) is 5.66. The van der Waals surface area contributed by atoms with Crippen LogP contribution in [0.4, 0.5) is 0 Å². The number of hydrogen-bond donors (Lipinski definition) is 0. The van der Waals surface area contributed by atoms with Crippen molar-refractivity contribution >= 4 is 23.7 Å². The van der Waals surface area contributed by atoms with Gasteiger partial charge in [-0.2, -0.15) is 0 Å². The van der Waals surface area contributed by atoms with Crippen LogP contribution < -0.4 is 0 Å². The van der Waals surface area contributed by atoms with E-state index in [0.717, 1.165) is 16.2 Å². The Morgan fingerprint density at radius 3 is 2.03 bits per heavy atom. The average molecular weight is 449 g/mol. The predicted octanol–water partition coefficient (Wildman–Crippen LogP) is 7.76. The van der Waals surface area contributed by atoms with E-state index >= 15 is 0 Å². The van der Waals surface area contributed by atoms with Gasteiger partial charge < -0.3 is 9.47 Å². The van der Waals surface area contributed by atoms with Crippen molar-refractivity contribution in [3.05, 3.63) is 64.6 Å². The number of hydrogen-bond acceptors (Lipinski definition) is 5. The van der Waals surface area contributed by atoms with Gasteiger partial charge >= 0.3 is 11.9 Å². The molecular weight excluding hydrogens is 408 g/mol. The molecule has 1 aromatic rings. The molecule has 0 unspecified atom stereocenters. The SMILES string of the molecule is CC.CC.CC.CCOC(=O)c1ccc(SC2=CC=C(C(=O)OC(C)C)C=CC2)cc1. The lowest BCUT2D eigenvalue weighted by Gasteiger charge is -2.07. The molecule has 5 heteroatoms. The van der Waals surface area contributed by atoms with Crippen molar-refractivity contribution in [2.45, 2.75) is 79.7 Å². The Kier molecular flexibility index (Phi) is 19.6. The van der Waals surface area contributed by atoms with Crippen LogP contribution >= 0.6 is 11.8 Å². The van der Waals surface area contributed by atoms with Gasteiger partial charge in [-0.15, -0.1) is 0 Å². The van der Waals surface area contributed by atoms with Gasteiger partial charge in [-0.25, -0.2) is 9.59 Å². The standard InChI is InChI=1S/C20H22O4S.3C2H6/c1-4-23-19(21)16-9-12-18(13-10-16)25-17-7-5-6-15(8-11-17)20(22)24-14(2)3;3*1-2/h5-6,8-14H,4,7H2,1-3H3;3*1-2H3. The molecule has 4 nitrogen and oxygen atoms in total. The molecule has 31 heavy (non-hydrogen) atoms. The molecule has 2 rings (SSSR count). The number of benzene rings is 1. The van der Waals surface area contributed by atoms with Crippen molar-refractivity contribution in [2.24, 2.45) is 0 Å². The minimum absolute atomic E-state index is 0.138. The largest absolute Gasteiger partial charge is 0.462 e. The van der Waals surface area contributed by atoms with E-state index in [9.17, 15) is 9.59 Å². The van der Waals surface area contributed by atoms with Gasteiger partial charge in [-0.3, -0.25) is 0 Å². The Labute approximate surface area is 193 Å². The van der Waals surface area contributed by atoms with E-state index in [1.165, 1.54) is 0 Å². The summed E-state index contributed by atoms with van der Waals surface area (Å²) in [5.41, 5.74) is 1.08. The molecule has 1 aliphatic carbocycles. The molecule has 0 aromatic heterocycles. The summed E-state index contributed by atoms with van der Waals surface area (Å²) in [4.78, 5) is 25.8.